The lowest BCUT2D eigenvalue weighted by atomic mass is 9.94. The molecule has 4 aromatic rings. The lowest BCUT2D eigenvalue weighted by Crippen LogP contribution is -2.02. The minimum atomic E-state index is -1.07. The van der Waals surface area contributed by atoms with Gasteiger partial charge in [-0.15, -0.1) is 0 Å². The van der Waals surface area contributed by atoms with Crippen LogP contribution >= 0.6 is 11.3 Å². The molecule has 0 amide bonds. The fraction of sp³-hybridized carbons (Fsp3) is 0.0500. The predicted octanol–water partition coefficient (Wildman–Crippen LogP) is 5.43. The van der Waals surface area contributed by atoms with Crippen LogP contribution in [0.15, 0.2) is 70.2 Å². The smallest absolute Gasteiger partial charge is 0.143 e. The number of benzene rings is 1. The van der Waals surface area contributed by atoms with Crippen molar-refractivity contribution in [3.8, 4) is 22.5 Å². The van der Waals surface area contributed by atoms with E-state index in [-0.39, 0.29) is 11.3 Å². The minimum Gasteiger partial charge on any atom is -0.463 e. The van der Waals surface area contributed by atoms with Gasteiger partial charge in [0.25, 0.3) is 0 Å². The van der Waals surface area contributed by atoms with Gasteiger partial charge >= 0.3 is 0 Å². The van der Waals surface area contributed by atoms with E-state index in [0.717, 1.165) is 17.7 Å². The van der Waals surface area contributed by atoms with Crippen molar-refractivity contribution in [2.24, 2.45) is 0 Å². The summed E-state index contributed by atoms with van der Waals surface area (Å²) in [6, 6.07) is 8.59. The molecule has 26 heavy (non-hydrogen) atoms. The van der Waals surface area contributed by atoms with Crippen LogP contribution in [0.2, 0.25) is 0 Å². The highest BCUT2D eigenvalue weighted by Crippen LogP contribution is 2.41. The average molecular weight is 369 g/mol. The molecular weight excluding hydrogens is 356 g/mol. The molecule has 0 aliphatic carbocycles. The van der Waals surface area contributed by atoms with Crippen LogP contribution in [0.5, 0.6) is 0 Å². The molecule has 0 aliphatic rings. The van der Waals surface area contributed by atoms with E-state index in [1.807, 2.05) is 16.8 Å². The fourth-order valence-corrected chi connectivity index (χ4v) is 3.52. The molecule has 0 aliphatic heterocycles. The van der Waals surface area contributed by atoms with Gasteiger partial charge in [0, 0.05) is 35.2 Å². The highest BCUT2D eigenvalue weighted by Gasteiger charge is 2.26. The van der Waals surface area contributed by atoms with Gasteiger partial charge < -0.3 is 9.52 Å². The Morgan fingerprint density at radius 2 is 2.00 bits per heavy atom. The van der Waals surface area contributed by atoms with Crippen LogP contribution in [-0.2, 0) is 0 Å². The van der Waals surface area contributed by atoms with E-state index in [2.05, 4.69) is 4.98 Å². The Morgan fingerprint density at radius 3 is 2.69 bits per heavy atom. The summed E-state index contributed by atoms with van der Waals surface area (Å²) in [4.78, 5) is 4.03. The van der Waals surface area contributed by atoms with Crippen LogP contribution < -0.4 is 0 Å². The maximum Gasteiger partial charge on any atom is 0.143 e. The molecule has 1 unspecified atom stereocenters. The largest absolute Gasteiger partial charge is 0.463 e. The van der Waals surface area contributed by atoms with Gasteiger partial charge in [0.15, 0.2) is 0 Å². The predicted molar refractivity (Wildman–Crippen MR) is 95.7 cm³/mol. The zero-order valence-electron chi connectivity index (χ0n) is 13.4. The maximum atomic E-state index is 14.3. The van der Waals surface area contributed by atoms with Crippen LogP contribution in [0.3, 0.4) is 0 Å². The van der Waals surface area contributed by atoms with Crippen LogP contribution in [0, 0.1) is 11.6 Å². The van der Waals surface area contributed by atoms with Crippen LogP contribution in [0.25, 0.3) is 22.5 Å². The third-order valence-electron chi connectivity index (χ3n) is 4.11. The van der Waals surface area contributed by atoms with Gasteiger partial charge in [-0.2, -0.15) is 11.3 Å². The Hall–Kier alpha value is -2.83. The van der Waals surface area contributed by atoms with Crippen molar-refractivity contribution in [3.63, 3.8) is 0 Å². The number of aliphatic hydroxyl groups excluding tert-OH is 1. The van der Waals surface area contributed by atoms with Crippen molar-refractivity contribution in [2.75, 3.05) is 0 Å². The molecule has 0 spiro atoms. The SMILES string of the molecule is OC(c1cccnc1)c1c(-c2ccsc2)coc1-c1ccc(F)cc1F. The van der Waals surface area contributed by atoms with Gasteiger partial charge in [-0.3, -0.25) is 4.98 Å². The topological polar surface area (TPSA) is 46.3 Å². The van der Waals surface area contributed by atoms with Crippen molar-refractivity contribution in [1.82, 2.24) is 4.98 Å². The van der Waals surface area contributed by atoms with Gasteiger partial charge in [0.05, 0.1) is 11.8 Å². The van der Waals surface area contributed by atoms with E-state index in [1.54, 1.807) is 24.5 Å². The maximum absolute atomic E-state index is 14.3. The minimum absolute atomic E-state index is 0.0887. The lowest BCUT2D eigenvalue weighted by Gasteiger charge is -2.14. The molecule has 3 heterocycles. The van der Waals surface area contributed by atoms with Gasteiger partial charge in [-0.1, -0.05) is 6.07 Å². The summed E-state index contributed by atoms with van der Waals surface area (Å²) in [6.45, 7) is 0. The Balaban J connectivity index is 1.93. The van der Waals surface area contributed by atoms with Gasteiger partial charge in [-0.25, -0.2) is 8.78 Å². The number of halogens is 2. The molecule has 0 radical (unpaired) electrons. The Labute approximate surface area is 152 Å². The van der Waals surface area contributed by atoms with E-state index in [4.69, 9.17) is 4.42 Å². The third kappa shape index (κ3) is 2.94. The Kier molecular flexibility index (Phi) is 4.36. The van der Waals surface area contributed by atoms with E-state index in [9.17, 15) is 13.9 Å². The molecule has 0 bridgehead atoms. The summed E-state index contributed by atoms with van der Waals surface area (Å²) in [5.41, 5.74) is 2.56. The first-order valence-corrected chi connectivity index (χ1v) is 8.77. The second-order valence-electron chi connectivity index (χ2n) is 5.72. The molecule has 1 aromatic carbocycles. The molecule has 1 atom stereocenters. The van der Waals surface area contributed by atoms with Crippen molar-refractivity contribution < 1.29 is 18.3 Å². The van der Waals surface area contributed by atoms with E-state index in [1.165, 1.54) is 23.7 Å². The standard InChI is InChI=1S/C20H13F2NO2S/c21-14-3-4-15(17(22)8-14)20-18(19(24)12-2-1-6-23-9-12)16(10-25-20)13-5-7-26-11-13/h1-11,19,24H. The molecule has 4 rings (SSSR count). The van der Waals surface area contributed by atoms with Crippen molar-refractivity contribution >= 4 is 11.3 Å². The van der Waals surface area contributed by atoms with Crippen molar-refractivity contribution in [2.45, 2.75) is 6.10 Å². The molecule has 0 saturated carbocycles. The number of furan rings is 1. The number of hydrogen-bond acceptors (Lipinski definition) is 4. The number of hydrogen-bond donors (Lipinski definition) is 1. The molecule has 130 valence electrons. The Bertz CT molecular complexity index is 1030. The molecular formula is C20H13F2NO2S. The molecule has 6 heteroatoms. The number of rotatable bonds is 4. The van der Waals surface area contributed by atoms with Crippen LogP contribution in [-0.4, -0.2) is 10.1 Å². The molecule has 3 nitrogen and oxygen atoms in total. The summed E-state index contributed by atoms with van der Waals surface area (Å²) in [6.07, 6.45) is 3.55. The second kappa shape index (κ2) is 6.82. The summed E-state index contributed by atoms with van der Waals surface area (Å²) in [5, 5.41) is 14.8. The van der Waals surface area contributed by atoms with Gasteiger partial charge in [0.1, 0.15) is 23.5 Å². The quantitative estimate of drug-likeness (QED) is 0.522. The number of nitrogens with zero attached hydrogens (tertiary/aromatic N) is 1. The van der Waals surface area contributed by atoms with Crippen molar-refractivity contribution in [3.05, 3.63) is 88.6 Å². The molecule has 0 fully saturated rings. The summed E-state index contributed by atoms with van der Waals surface area (Å²) in [5.74, 6) is -1.26. The summed E-state index contributed by atoms with van der Waals surface area (Å²) < 4.78 is 33.3. The molecule has 0 saturated heterocycles. The number of pyridine rings is 1. The number of aliphatic hydroxyl groups is 1. The van der Waals surface area contributed by atoms with Gasteiger partial charge in [0.2, 0.25) is 0 Å². The number of aromatic nitrogens is 1. The highest BCUT2D eigenvalue weighted by molar-refractivity contribution is 7.08. The van der Waals surface area contributed by atoms with E-state index >= 15 is 0 Å². The highest BCUT2D eigenvalue weighted by atomic mass is 32.1. The average Bonchev–Trinajstić information content (AvgIpc) is 3.31. The third-order valence-corrected chi connectivity index (χ3v) is 4.79. The van der Waals surface area contributed by atoms with Crippen LogP contribution in [0.1, 0.15) is 17.2 Å². The first-order valence-electron chi connectivity index (χ1n) is 7.82. The first-order chi connectivity index (χ1) is 12.6. The second-order valence-corrected chi connectivity index (χ2v) is 6.50. The number of thiophene rings is 1. The molecule has 3 aromatic heterocycles. The first kappa shape index (κ1) is 16.6. The zero-order chi connectivity index (χ0) is 18.1. The monoisotopic (exact) mass is 369 g/mol. The van der Waals surface area contributed by atoms with E-state index in [0.29, 0.717) is 16.7 Å². The van der Waals surface area contributed by atoms with Gasteiger partial charge in [-0.05, 0) is 40.6 Å². The molecule has 1 N–H and O–H groups in total. The summed E-state index contributed by atoms with van der Waals surface area (Å²) >= 11 is 1.50. The lowest BCUT2D eigenvalue weighted by molar-refractivity contribution is 0.220. The van der Waals surface area contributed by atoms with Crippen molar-refractivity contribution in [1.29, 1.82) is 0 Å². The normalized spacial score (nSPS) is 12.3. The summed E-state index contributed by atoms with van der Waals surface area (Å²) in [7, 11) is 0. The van der Waals surface area contributed by atoms with Crippen LogP contribution in [0.4, 0.5) is 8.78 Å². The Morgan fingerprint density at radius 1 is 1.12 bits per heavy atom. The zero-order valence-corrected chi connectivity index (χ0v) is 14.2. The fourth-order valence-electron chi connectivity index (χ4n) is 2.87. The van der Waals surface area contributed by atoms with E-state index < -0.39 is 17.7 Å².